The Labute approximate surface area is 221 Å². The first-order chi connectivity index (χ1) is 18.4. The van der Waals surface area contributed by atoms with Crippen LogP contribution in [0.15, 0.2) is 78.9 Å². The molecule has 1 aliphatic rings. The van der Waals surface area contributed by atoms with Gasteiger partial charge in [-0.2, -0.15) is 0 Å². The average Bonchev–Trinajstić information content (AvgIpc) is 2.93. The molecule has 5 rings (SSSR count). The summed E-state index contributed by atoms with van der Waals surface area (Å²) in [5.41, 5.74) is 3.24. The Kier molecular flexibility index (Phi) is 7.44. The van der Waals surface area contributed by atoms with E-state index in [0.717, 1.165) is 22.2 Å². The first-order valence-corrected chi connectivity index (χ1v) is 12.3. The van der Waals surface area contributed by atoms with Crippen LogP contribution < -0.4 is 14.2 Å². The molecule has 0 fully saturated rings. The van der Waals surface area contributed by atoms with Gasteiger partial charge in [0.2, 0.25) is 12.4 Å². The lowest BCUT2D eigenvalue weighted by Gasteiger charge is -2.38. The fourth-order valence-corrected chi connectivity index (χ4v) is 4.45. The van der Waals surface area contributed by atoms with Crippen molar-refractivity contribution in [1.82, 2.24) is 9.88 Å². The van der Waals surface area contributed by atoms with Crippen LogP contribution in [0.3, 0.4) is 0 Å². The number of para-hydroxylation sites is 1. The number of carbonyl (C=O) groups excluding carboxylic acids is 1. The van der Waals surface area contributed by atoms with Crippen molar-refractivity contribution >= 4 is 16.9 Å². The van der Waals surface area contributed by atoms with Crippen LogP contribution in [-0.2, 0) is 14.3 Å². The van der Waals surface area contributed by atoms with Gasteiger partial charge in [-0.1, -0.05) is 24.3 Å². The van der Waals surface area contributed by atoms with Crippen molar-refractivity contribution in [3.63, 3.8) is 0 Å². The van der Waals surface area contributed by atoms with E-state index in [2.05, 4.69) is 0 Å². The number of fused-ring (bicyclic) bond motifs is 2. The van der Waals surface area contributed by atoms with Gasteiger partial charge in [0, 0.05) is 23.6 Å². The molecule has 3 aromatic carbocycles. The van der Waals surface area contributed by atoms with Crippen LogP contribution in [0.25, 0.3) is 22.2 Å². The zero-order chi connectivity index (χ0) is 26.6. The molecule has 0 amide bonds. The zero-order valence-electron chi connectivity index (χ0n) is 21.8. The monoisotopic (exact) mass is 514 g/mol. The standard InChI is InChI=1S/C30H30N2O6/c1-32(2)18-27(33)38-28-23-17-20(25-15-9-19-7-5-6-8-24(19)31-25)10-16-26(23)37-30(35-4)29(28)36-22-13-11-21(34-3)12-14-22/h5-17,28-30H,18H2,1-4H3/t28?,29-,30+/m0/s1. The molecule has 0 aliphatic carbocycles. The van der Waals surface area contributed by atoms with E-state index < -0.39 is 18.5 Å². The van der Waals surface area contributed by atoms with E-state index in [4.69, 9.17) is 28.7 Å². The fraction of sp³-hybridized carbons (Fsp3) is 0.267. The highest BCUT2D eigenvalue weighted by Crippen LogP contribution is 2.41. The Balaban J connectivity index is 1.55. The summed E-state index contributed by atoms with van der Waals surface area (Å²) in [6.45, 7) is 0.117. The second kappa shape index (κ2) is 11.1. The molecule has 0 bridgehead atoms. The quantitative estimate of drug-likeness (QED) is 0.308. The molecule has 4 aromatic rings. The van der Waals surface area contributed by atoms with E-state index in [9.17, 15) is 4.79 Å². The van der Waals surface area contributed by atoms with Crippen LogP contribution in [0.4, 0.5) is 0 Å². The number of aromatic nitrogens is 1. The van der Waals surface area contributed by atoms with Gasteiger partial charge in [0.25, 0.3) is 0 Å². The summed E-state index contributed by atoms with van der Waals surface area (Å²) in [7, 11) is 6.76. The SMILES string of the molecule is COc1ccc(O[C@H]2C(OC(=O)CN(C)C)c3cc(-c4ccc5ccccc5n4)ccc3O[C@H]2OC)cc1. The Bertz CT molecular complexity index is 1420. The molecular weight excluding hydrogens is 484 g/mol. The maximum atomic E-state index is 12.9. The number of hydrogen-bond donors (Lipinski definition) is 0. The molecule has 0 spiro atoms. The van der Waals surface area contributed by atoms with Crippen molar-refractivity contribution in [3.05, 3.63) is 84.4 Å². The van der Waals surface area contributed by atoms with E-state index in [0.29, 0.717) is 22.8 Å². The summed E-state index contributed by atoms with van der Waals surface area (Å²) in [6, 6.07) is 24.9. The van der Waals surface area contributed by atoms with Crippen molar-refractivity contribution in [2.24, 2.45) is 0 Å². The molecule has 3 atom stereocenters. The number of likely N-dealkylation sites (N-methyl/N-ethyl adjacent to an activating group) is 1. The average molecular weight is 515 g/mol. The highest BCUT2D eigenvalue weighted by molar-refractivity contribution is 5.81. The maximum absolute atomic E-state index is 12.9. The highest BCUT2D eigenvalue weighted by atomic mass is 16.7. The lowest BCUT2D eigenvalue weighted by molar-refractivity contribution is -0.187. The Morgan fingerprint density at radius 2 is 1.71 bits per heavy atom. The van der Waals surface area contributed by atoms with Gasteiger partial charge in [-0.05, 0) is 68.7 Å². The molecule has 0 N–H and O–H groups in total. The summed E-state index contributed by atoms with van der Waals surface area (Å²) in [5, 5.41) is 1.06. The number of carbonyl (C=O) groups is 1. The predicted molar refractivity (Wildman–Crippen MR) is 143 cm³/mol. The van der Waals surface area contributed by atoms with Crippen molar-refractivity contribution in [1.29, 1.82) is 0 Å². The third kappa shape index (κ3) is 5.41. The number of esters is 1. The number of ether oxygens (including phenoxy) is 5. The number of hydrogen-bond acceptors (Lipinski definition) is 8. The Hall–Kier alpha value is -4.14. The van der Waals surface area contributed by atoms with Crippen molar-refractivity contribution < 1.29 is 28.5 Å². The topological polar surface area (TPSA) is 79.4 Å². The van der Waals surface area contributed by atoms with Gasteiger partial charge < -0.3 is 23.7 Å². The first-order valence-electron chi connectivity index (χ1n) is 12.3. The minimum absolute atomic E-state index is 0.117. The predicted octanol–water partition coefficient (Wildman–Crippen LogP) is 4.87. The normalized spacial score (nSPS) is 18.5. The van der Waals surface area contributed by atoms with Crippen LogP contribution in [0.5, 0.6) is 17.2 Å². The molecule has 196 valence electrons. The number of pyridine rings is 1. The van der Waals surface area contributed by atoms with Gasteiger partial charge in [0.05, 0.1) is 24.9 Å². The molecule has 8 heteroatoms. The van der Waals surface area contributed by atoms with Crippen molar-refractivity contribution in [3.8, 4) is 28.5 Å². The number of methoxy groups -OCH3 is 2. The second-order valence-electron chi connectivity index (χ2n) is 9.27. The van der Waals surface area contributed by atoms with Gasteiger partial charge in [0.15, 0.2) is 6.10 Å². The summed E-state index contributed by atoms with van der Waals surface area (Å²) in [4.78, 5) is 19.5. The van der Waals surface area contributed by atoms with E-state index >= 15 is 0 Å². The molecule has 0 saturated carbocycles. The number of benzene rings is 3. The van der Waals surface area contributed by atoms with E-state index in [-0.39, 0.29) is 12.5 Å². The summed E-state index contributed by atoms with van der Waals surface area (Å²) in [5.74, 6) is 1.43. The Morgan fingerprint density at radius 1 is 0.947 bits per heavy atom. The zero-order valence-corrected chi connectivity index (χ0v) is 21.8. The van der Waals surface area contributed by atoms with Gasteiger partial charge in [-0.3, -0.25) is 9.69 Å². The summed E-state index contributed by atoms with van der Waals surface area (Å²) < 4.78 is 29.4. The third-order valence-corrected chi connectivity index (χ3v) is 6.29. The van der Waals surface area contributed by atoms with Crippen molar-refractivity contribution in [2.75, 3.05) is 34.9 Å². The highest BCUT2D eigenvalue weighted by Gasteiger charge is 2.43. The van der Waals surface area contributed by atoms with Crippen LogP contribution in [-0.4, -0.2) is 63.1 Å². The first kappa shape index (κ1) is 25.5. The largest absolute Gasteiger partial charge is 0.497 e. The van der Waals surface area contributed by atoms with Crippen LogP contribution in [0, 0.1) is 0 Å². The van der Waals surface area contributed by atoms with E-state index in [1.165, 1.54) is 7.11 Å². The van der Waals surface area contributed by atoms with Crippen LogP contribution in [0.1, 0.15) is 11.7 Å². The molecule has 8 nitrogen and oxygen atoms in total. The number of rotatable bonds is 8. The molecule has 0 radical (unpaired) electrons. The minimum atomic E-state index is -0.814. The smallest absolute Gasteiger partial charge is 0.320 e. The second-order valence-corrected chi connectivity index (χ2v) is 9.27. The molecule has 1 aromatic heterocycles. The van der Waals surface area contributed by atoms with Gasteiger partial charge >= 0.3 is 5.97 Å². The molecular formula is C30H30N2O6. The van der Waals surface area contributed by atoms with E-state index in [1.54, 1.807) is 36.3 Å². The molecule has 1 unspecified atom stereocenters. The summed E-state index contributed by atoms with van der Waals surface area (Å²) >= 11 is 0. The molecule has 0 saturated heterocycles. The Morgan fingerprint density at radius 3 is 2.45 bits per heavy atom. The molecule has 2 heterocycles. The van der Waals surface area contributed by atoms with Gasteiger partial charge in [0.1, 0.15) is 17.2 Å². The van der Waals surface area contributed by atoms with Gasteiger partial charge in [-0.15, -0.1) is 0 Å². The minimum Gasteiger partial charge on any atom is -0.497 e. The fourth-order valence-electron chi connectivity index (χ4n) is 4.45. The maximum Gasteiger partial charge on any atom is 0.320 e. The van der Waals surface area contributed by atoms with Crippen LogP contribution >= 0.6 is 0 Å². The lowest BCUT2D eigenvalue weighted by Crippen LogP contribution is -2.47. The third-order valence-electron chi connectivity index (χ3n) is 6.29. The van der Waals surface area contributed by atoms with E-state index in [1.807, 2.05) is 68.7 Å². The molecule has 1 aliphatic heterocycles. The summed E-state index contributed by atoms with van der Waals surface area (Å²) in [6.07, 6.45) is -2.38. The van der Waals surface area contributed by atoms with Crippen LogP contribution in [0.2, 0.25) is 0 Å². The number of nitrogens with zero attached hydrogens (tertiary/aromatic N) is 2. The van der Waals surface area contributed by atoms with Gasteiger partial charge in [-0.25, -0.2) is 4.98 Å². The lowest BCUT2D eigenvalue weighted by atomic mass is 9.96. The van der Waals surface area contributed by atoms with Crippen molar-refractivity contribution in [2.45, 2.75) is 18.5 Å². The molecule has 38 heavy (non-hydrogen) atoms.